The lowest BCUT2D eigenvalue weighted by Crippen LogP contribution is -2.07. The summed E-state index contributed by atoms with van der Waals surface area (Å²) in [5, 5.41) is 10.1. The van der Waals surface area contributed by atoms with Gasteiger partial charge in [-0.15, -0.1) is 0 Å². The van der Waals surface area contributed by atoms with Gasteiger partial charge in [-0.3, -0.25) is 0 Å². The molecule has 2 rings (SSSR count). The minimum atomic E-state index is -0.568. The van der Waals surface area contributed by atoms with E-state index in [0.717, 1.165) is 17.5 Å². The van der Waals surface area contributed by atoms with Gasteiger partial charge in [0.05, 0.1) is 13.2 Å². The van der Waals surface area contributed by atoms with Gasteiger partial charge in [0.15, 0.2) is 0 Å². The third kappa shape index (κ3) is 5.33. The molecule has 0 bridgehead atoms. The second-order valence-electron chi connectivity index (χ2n) is 5.86. The highest BCUT2D eigenvalue weighted by molar-refractivity contribution is 5.24. The smallest absolute Gasteiger partial charge is 0.102 e. The van der Waals surface area contributed by atoms with Gasteiger partial charge < -0.3 is 9.84 Å². The summed E-state index contributed by atoms with van der Waals surface area (Å²) in [6.45, 7) is 5.27. The summed E-state index contributed by atoms with van der Waals surface area (Å²) in [5.41, 5.74) is 3.35. The van der Waals surface area contributed by atoms with Crippen molar-refractivity contribution in [2.75, 3.05) is 6.61 Å². The molecular weight excluding hydrogens is 260 g/mol. The van der Waals surface area contributed by atoms with E-state index in [-0.39, 0.29) is 0 Å². The molecule has 0 aromatic heterocycles. The Morgan fingerprint density at radius 2 is 1.57 bits per heavy atom. The first kappa shape index (κ1) is 15.7. The molecule has 1 atom stereocenters. The topological polar surface area (TPSA) is 29.5 Å². The highest BCUT2D eigenvalue weighted by Gasteiger charge is 2.08. The van der Waals surface area contributed by atoms with Gasteiger partial charge in [0.25, 0.3) is 0 Å². The molecule has 2 heteroatoms. The van der Waals surface area contributed by atoms with Crippen LogP contribution in [0.25, 0.3) is 0 Å². The van der Waals surface area contributed by atoms with Gasteiger partial charge in [0, 0.05) is 0 Å². The zero-order valence-electron chi connectivity index (χ0n) is 12.8. The van der Waals surface area contributed by atoms with Gasteiger partial charge in [0.1, 0.15) is 6.10 Å². The molecule has 0 fully saturated rings. The van der Waals surface area contributed by atoms with Crippen molar-refractivity contribution >= 4 is 0 Å². The molecule has 0 heterocycles. The molecule has 2 aromatic carbocycles. The van der Waals surface area contributed by atoms with Crippen LogP contribution in [0.4, 0.5) is 0 Å². The van der Waals surface area contributed by atoms with E-state index in [9.17, 15) is 5.11 Å². The Balaban J connectivity index is 1.81. The average Bonchev–Trinajstić information content (AvgIpc) is 2.48. The van der Waals surface area contributed by atoms with Crippen molar-refractivity contribution in [1.82, 2.24) is 0 Å². The Morgan fingerprint density at radius 1 is 0.905 bits per heavy atom. The minimum Gasteiger partial charge on any atom is -0.386 e. The zero-order chi connectivity index (χ0) is 15.1. The van der Waals surface area contributed by atoms with Crippen LogP contribution in [0.15, 0.2) is 54.6 Å². The van der Waals surface area contributed by atoms with Gasteiger partial charge in [0.2, 0.25) is 0 Å². The first-order valence-corrected chi connectivity index (χ1v) is 7.53. The Bertz CT molecular complexity index is 517. The van der Waals surface area contributed by atoms with Crippen LogP contribution in [0.3, 0.4) is 0 Å². The maximum atomic E-state index is 10.1. The van der Waals surface area contributed by atoms with Crippen molar-refractivity contribution in [2.24, 2.45) is 5.92 Å². The quantitative estimate of drug-likeness (QED) is 0.828. The standard InChI is InChI=1S/C19H24O2/c1-15(2)12-16-8-10-18(11-9-16)19(20)14-21-13-17-6-4-3-5-7-17/h3-11,15,19-20H,12-14H2,1-2H3. The fourth-order valence-corrected chi connectivity index (χ4v) is 2.31. The van der Waals surface area contributed by atoms with Gasteiger partial charge in [-0.2, -0.15) is 0 Å². The summed E-state index contributed by atoms with van der Waals surface area (Å²) in [7, 11) is 0. The van der Waals surface area contributed by atoms with Crippen molar-refractivity contribution in [2.45, 2.75) is 33.0 Å². The maximum Gasteiger partial charge on any atom is 0.102 e. The van der Waals surface area contributed by atoms with E-state index >= 15 is 0 Å². The Kier molecular flexibility index (Phi) is 5.97. The van der Waals surface area contributed by atoms with E-state index in [2.05, 4.69) is 26.0 Å². The van der Waals surface area contributed by atoms with Gasteiger partial charge >= 0.3 is 0 Å². The SMILES string of the molecule is CC(C)Cc1ccc(C(O)COCc2ccccc2)cc1. The van der Waals surface area contributed by atoms with Crippen molar-refractivity contribution < 1.29 is 9.84 Å². The van der Waals surface area contributed by atoms with E-state index in [4.69, 9.17) is 4.74 Å². The molecule has 2 nitrogen and oxygen atoms in total. The van der Waals surface area contributed by atoms with Crippen LogP contribution < -0.4 is 0 Å². The second kappa shape index (κ2) is 7.96. The molecule has 0 radical (unpaired) electrons. The monoisotopic (exact) mass is 284 g/mol. The summed E-state index contributed by atoms with van der Waals surface area (Å²) in [6.07, 6.45) is 0.503. The largest absolute Gasteiger partial charge is 0.386 e. The maximum absolute atomic E-state index is 10.1. The molecule has 0 amide bonds. The first-order valence-electron chi connectivity index (χ1n) is 7.53. The Morgan fingerprint density at radius 3 is 2.19 bits per heavy atom. The molecule has 0 aliphatic heterocycles. The number of benzene rings is 2. The second-order valence-corrected chi connectivity index (χ2v) is 5.86. The van der Waals surface area contributed by atoms with Crippen molar-refractivity contribution in [1.29, 1.82) is 0 Å². The lowest BCUT2D eigenvalue weighted by Gasteiger charge is -2.13. The van der Waals surface area contributed by atoms with Crippen LogP contribution in [-0.2, 0) is 17.8 Å². The number of hydrogen-bond donors (Lipinski definition) is 1. The average molecular weight is 284 g/mol. The fraction of sp³-hybridized carbons (Fsp3) is 0.368. The number of aliphatic hydroxyl groups excluding tert-OH is 1. The van der Waals surface area contributed by atoms with Crippen LogP contribution in [0.5, 0.6) is 0 Å². The molecule has 0 spiro atoms. The summed E-state index contributed by atoms with van der Waals surface area (Å²) in [4.78, 5) is 0. The highest BCUT2D eigenvalue weighted by atomic mass is 16.5. The Labute approximate surface area is 127 Å². The van der Waals surface area contributed by atoms with E-state index in [1.807, 2.05) is 42.5 Å². The van der Waals surface area contributed by atoms with E-state index < -0.39 is 6.10 Å². The summed E-state index contributed by atoms with van der Waals surface area (Å²) in [6, 6.07) is 18.2. The van der Waals surface area contributed by atoms with Crippen molar-refractivity contribution in [3.05, 3.63) is 71.3 Å². The number of aliphatic hydroxyl groups is 1. The highest BCUT2D eigenvalue weighted by Crippen LogP contribution is 2.16. The molecule has 2 aromatic rings. The van der Waals surface area contributed by atoms with Crippen LogP contribution in [0, 0.1) is 5.92 Å². The molecule has 21 heavy (non-hydrogen) atoms. The number of ether oxygens (including phenoxy) is 1. The van der Waals surface area contributed by atoms with E-state index in [1.54, 1.807) is 0 Å². The van der Waals surface area contributed by atoms with Crippen LogP contribution in [-0.4, -0.2) is 11.7 Å². The van der Waals surface area contributed by atoms with Crippen LogP contribution in [0.2, 0.25) is 0 Å². The summed E-state index contributed by atoms with van der Waals surface area (Å²) < 4.78 is 5.58. The Hall–Kier alpha value is -1.64. The van der Waals surface area contributed by atoms with E-state index in [1.165, 1.54) is 5.56 Å². The molecular formula is C19H24O2. The van der Waals surface area contributed by atoms with Crippen molar-refractivity contribution in [3.63, 3.8) is 0 Å². The van der Waals surface area contributed by atoms with Crippen LogP contribution in [0.1, 0.15) is 36.6 Å². The third-order valence-corrected chi connectivity index (χ3v) is 3.40. The molecule has 0 saturated carbocycles. The normalized spacial score (nSPS) is 12.6. The minimum absolute atomic E-state index is 0.318. The van der Waals surface area contributed by atoms with E-state index in [0.29, 0.717) is 19.1 Å². The number of hydrogen-bond acceptors (Lipinski definition) is 2. The lowest BCUT2D eigenvalue weighted by atomic mass is 10.0. The zero-order valence-corrected chi connectivity index (χ0v) is 12.8. The van der Waals surface area contributed by atoms with Gasteiger partial charge in [-0.1, -0.05) is 68.4 Å². The summed E-state index contributed by atoms with van der Waals surface area (Å²) >= 11 is 0. The van der Waals surface area contributed by atoms with Crippen molar-refractivity contribution in [3.8, 4) is 0 Å². The van der Waals surface area contributed by atoms with Gasteiger partial charge in [-0.05, 0) is 29.0 Å². The molecule has 0 aliphatic rings. The predicted octanol–water partition coefficient (Wildman–Crippen LogP) is 4.14. The lowest BCUT2D eigenvalue weighted by molar-refractivity contribution is 0.0277. The third-order valence-electron chi connectivity index (χ3n) is 3.40. The molecule has 1 N–H and O–H groups in total. The number of rotatable bonds is 7. The van der Waals surface area contributed by atoms with Crippen LogP contribution >= 0.6 is 0 Å². The molecule has 0 saturated heterocycles. The van der Waals surface area contributed by atoms with Gasteiger partial charge in [-0.25, -0.2) is 0 Å². The predicted molar refractivity (Wildman–Crippen MR) is 86.0 cm³/mol. The molecule has 1 unspecified atom stereocenters. The first-order chi connectivity index (χ1) is 10.1. The summed E-state index contributed by atoms with van der Waals surface area (Å²) in [5.74, 6) is 0.648. The molecule has 112 valence electrons. The fourth-order valence-electron chi connectivity index (χ4n) is 2.31. The molecule has 0 aliphatic carbocycles.